The molecule has 2 aliphatic heterocycles. The minimum Gasteiger partial charge on any atom is -0.349 e. The Morgan fingerprint density at radius 3 is 2.73 bits per heavy atom. The molecule has 9 heteroatoms. The third-order valence-corrected chi connectivity index (χ3v) is 5.21. The molecule has 0 aliphatic carbocycles. The predicted molar refractivity (Wildman–Crippen MR) is 90.4 cm³/mol. The van der Waals surface area contributed by atoms with E-state index in [2.05, 4.69) is 15.3 Å². The van der Waals surface area contributed by atoms with E-state index >= 15 is 0 Å². The highest BCUT2D eigenvalue weighted by Crippen LogP contribution is 2.27. The van der Waals surface area contributed by atoms with Crippen molar-refractivity contribution in [1.29, 1.82) is 0 Å². The molecule has 0 saturated carbocycles. The first-order valence-corrected chi connectivity index (χ1v) is 8.77. The van der Waals surface area contributed by atoms with Gasteiger partial charge in [-0.2, -0.15) is 5.10 Å². The summed E-state index contributed by atoms with van der Waals surface area (Å²) in [5, 5.41) is 6.93. The number of rotatable bonds is 5. The Bertz CT molecular complexity index is 701. The van der Waals surface area contributed by atoms with E-state index in [9.17, 15) is 18.4 Å². The average Bonchev–Trinajstić information content (AvgIpc) is 3.00. The van der Waals surface area contributed by atoms with E-state index in [0.717, 1.165) is 13.0 Å². The number of nitrogens with one attached hydrogen (secondary N) is 1. The number of nitrogens with zero attached hydrogens (tertiary/aromatic N) is 4. The van der Waals surface area contributed by atoms with Crippen molar-refractivity contribution < 1.29 is 18.4 Å². The largest absolute Gasteiger partial charge is 0.349 e. The lowest BCUT2D eigenvalue weighted by molar-refractivity contribution is -0.142. The van der Waals surface area contributed by atoms with Crippen molar-refractivity contribution in [2.75, 3.05) is 26.2 Å². The van der Waals surface area contributed by atoms with Gasteiger partial charge in [-0.3, -0.25) is 19.2 Å². The van der Waals surface area contributed by atoms with Gasteiger partial charge in [0.2, 0.25) is 11.8 Å². The topological polar surface area (TPSA) is 70.5 Å². The van der Waals surface area contributed by atoms with Gasteiger partial charge in [0.1, 0.15) is 5.69 Å². The number of alkyl halides is 2. The van der Waals surface area contributed by atoms with Crippen LogP contribution in [0.4, 0.5) is 8.78 Å². The highest BCUT2D eigenvalue weighted by molar-refractivity contribution is 5.84. The molecule has 1 aromatic heterocycles. The lowest BCUT2D eigenvalue weighted by Crippen LogP contribution is -2.59. The summed E-state index contributed by atoms with van der Waals surface area (Å²) in [7, 11) is 1.63. The van der Waals surface area contributed by atoms with E-state index in [1.807, 2.05) is 6.92 Å². The van der Waals surface area contributed by atoms with Crippen LogP contribution >= 0.6 is 0 Å². The van der Waals surface area contributed by atoms with E-state index in [1.54, 1.807) is 18.1 Å². The van der Waals surface area contributed by atoms with Crippen molar-refractivity contribution in [3.8, 4) is 0 Å². The molecule has 0 aromatic carbocycles. The number of halogens is 2. The Kier molecular flexibility index (Phi) is 5.01. The molecule has 2 saturated heterocycles. The molecular weight excluding hydrogens is 344 g/mol. The average molecular weight is 369 g/mol. The standard InChI is InChI=1S/C17H25F2N5O2/c1-11(25)24-8-13(9-24)16(26)20-17(2)4-5-23(10-17)7-12-6-22(3)21-14(12)15(18)19/h6,13,15H,4-5,7-10H2,1-3H3,(H,20,26). The van der Waals surface area contributed by atoms with E-state index in [1.165, 1.54) is 11.6 Å². The number of aryl methyl sites for hydroxylation is 1. The molecule has 2 fully saturated rings. The molecule has 2 aliphatic rings. The van der Waals surface area contributed by atoms with Crippen LogP contribution in [0.25, 0.3) is 0 Å². The number of hydrogen-bond donors (Lipinski definition) is 1. The molecule has 1 unspecified atom stereocenters. The van der Waals surface area contributed by atoms with Gasteiger partial charge >= 0.3 is 0 Å². The Hall–Kier alpha value is -2.03. The number of aromatic nitrogens is 2. The van der Waals surface area contributed by atoms with Crippen molar-refractivity contribution in [3.05, 3.63) is 17.5 Å². The Labute approximate surface area is 151 Å². The van der Waals surface area contributed by atoms with Gasteiger partial charge in [-0.15, -0.1) is 0 Å². The van der Waals surface area contributed by atoms with Crippen molar-refractivity contribution in [1.82, 2.24) is 24.9 Å². The molecule has 1 aromatic rings. The molecule has 7 nitrogen and oxygen atoms in total. The van der Waals surface area contributed by atoms with Crippen LogP contribution in [0.3, 0.4) is 0 Å². The van der Waals surface area contributed by atoms with Crippen LogP contribution in [0, 0.1) is 5.92 Å². The quantitative estimate of drug-likeness (QED) is 0.838. The molecule has 1 atom stereocenters. The third-order valence-electron chi connectivity index (χ3n) is 5.21. The van der Waals surface area contributed by atoms with Crippen LogP contribution in [0.15, 0.2) is 6.20 Å². The summed E-state index contributed by atoms with van der Waals surface area (Å²) in [6.45, 7) is 6.11. The van der Waals surface area contributed by atoms with Gasteiger partial charge in [0.25, 0.3) is 6.43 Å². The Morgan fingerprint density at radius 2 is 2.12 bits per heavy atom. The summed E-state index contributed by atoms with van der Waals surface area (Å²) >= 11 is 0. The van der Waals surface area contributed by atoms with Crippen LogP contribution in [0.1, 0.15) is 38.0 Å². The van der Waals surface area contributed by atoms with Gasteiger partial charge in [0, 0.05) is 58.5 Å². The van der Waals surface area contributed by atoms with Gasteiger partial charge < -0.3 is 10.2 Å². The molecule has 3 rings (SSSR count). The smallest absolute Gasteiger partial charge is 0.282 e. The van der Waals surface area contributed by atoms with Crippen LogP contribution in [0.5, 0.6) is 0 Å². The number of likely N-dealkylation sites (tertiary alicyclic amines) is 2. The van der Waals surface area contributed by atoms with Gasteiger partial charge in [-0.1, -0.05) is 0 Å². The molecule has 0 spiro atoms. The summed E-state index contributed by atoms with van der Waals surface area (Å²) in [5.41, 5.74) is -0.0425. The molecule has 1 N–H and O–H groups in total. The zero-order chi connectivity index (χ0) is 19.1. The lowest BCUT2D eigenvalue weighted by atomic mass is 9.95. The van der Waals surface area contributed by atoms with Crippen LogP contribution in [0.2, 0.25) is 0 Å². The maximum atomic E-state index is 13.1. The molecule has 144 valence electrons. The SMILES string of the molecule is CC(=O)N1CC(C(=O)NC2(C)CCN(Cc3cn(C)nc3C(F)F)C2)C1. The summed E-state index contributed by atoms with van der Waals surface area (Å²) in [6, 6.07) is 0. The molecule has 0 radical (unpaired) electrons. The van der Waals surface area contributed by atoms with Crippen LogP contribution < -0.4 is 5.32 Å². The summed E-state index contributed by atoms with van der Waals surface area (Å²) in [4.78, 5) is 27.3. The van der Waals surface area contributed by atoms with Crippen molar-refractivity contribution >= 4 is 11.8 Å². The van der Waals surface area contributed by atoms with Gasteiger partial charge in [0.05, 0.1) is 11.5 Å². The van der Waals surface area contributed by atoms with Crippen LogP contribution in [-0.4, -0.2) is 63.1 Å². The van der Waals surface area contributed by atoms with Gasteiger partial charge in [0.15, 0.2) is 0 Å². The molecule has 3 heterocycles. The number of amides is 2. The monoisotopic (exact) mass is 369 g/mol. The summed E-state index contributed by atoms with van der Waals surface area (Å²) in [5.74, 6) is -0.214. The second-order valence-corrected chi connectivity index (χ2v) is 7.65. The van der Waals surface area contributed by atoms with Crippen LogP contribution in [-0.2, 0) is 23.2 Å². The molecule has 26 heavy (non-hydrogen) atoms. The summed E-state index contributed by atoms with van der Waals surface area (Å²) < 4.78 is 27.6. The predicted octanol–water partition coefficient (Wildman–Crippen LogP) is 0.917. The lowest BCUT2D eigenvalue weighted by Gasteiger charge is -2.39. The molecule has 2 amide bonds. The highest BCUT2D eigenvalue weighted by atomic mass is 19.3. The van der Waals surface area contributed by atoms with Crippen molar-refractivity contribution in [2.45, 2.75) is 38.8 Å². The highest BCUT2D eigenvalue weighted by Gasteiger charge is 2.40. The van der Waals surface area contributed by atoms with Crippen molar-refractivity contribution in [3.63, 3.8) is 0 Å². The molecular formula is C17H25F2N5O2. The minimum atomic E-state index is -2.59. The first-order valence-electron chi connectivity index (χ1n) is 8.77. The Morgan fingerprint density at radius 1 is 1.42 bits per heavy atom. The minimum absolute atomic E-state index is 0.0152. The fraction of sp³-hybridized carbons (Fsp3) is 0.706. The zero-order valence-electron chi connectivity index (χ0n) is 15.3. The summed E-state index contributed by atoms with van der Waals surface area (Å²) in [6.07, 6.45) is -0.213. The molecule has 0 bridgehead atoms. The second-order valence-electron chi connectivity index (χ2n) is 7.65. The third kappa shape index (κ3) is 3.87. The first kappa shape index (κ1) is 18.8. The number of hydrogen-bond acceptors (Lipinski definition) is 4. The zero-order valence-corrected chi connectivity index (χ0v) is 15.3. The normalized spacial score (nSPS) is 24.2. The maximum absolute atomic E-state index is 13.1. The van der Waals surface area contributed by atoms with E-state index in [4.69, 9.17) is 0 Å². The van der Waals surface area contributed by atoms with Gasteiger partial charge in [-0.25, -0.2) is 8.78 Å². The number of carbonyl (C=O) groups excluding carboxylic acids is 2. The first-order chi connectivity index (χ1) is 12.2. The van der Waals surface area contributed by atoms with E-state index in [0.29, 0.717) is 31.7 Å². The van der Waals surface area contributed by atoms with E-state index in [-0.39, 0.29) is 29.0 Å². The fourth-order valence-corrected chi connectivity index (χ4v) is 3.70. The fourth-order valence-electron chi connectivity index (χ4n) is 3.70. The van der Waals surface area contributed by atoms with Crippen molar-refractivity contribution in [2.24, 2.45) is 13.0 Å². The van der Waals surface area contributed by atoms with E-state index < -0.39 is 6.43 Å². The maximum Gasteiger partial charge on any atom is 0.282 e. The Balaban J connectivity index is 1.54. The second kappa shape index (κ2) is 6.94. The number of carbonyl (C=O) groups is 2. The van der Waals surface area contributed by atoms with Gasteiger partial charge in [-0.05, 0) is 13.3 Å².